The van der Waals surface area contributed by atoms with E-state index in [0.29, 0.717) is 0 Å². The number of amides is 2. The minimum Gasteiger partial charge on any atom is -0.267 e. The number of hydrazine groups is 1. The van der Waals surface area contributed by atoms with Gasteiger partial charge >= 0.3 is 12.3 Å². The molecular formula is C15H12F2N2O2. The van der Waals surface area contributed by atoms with Gasteiger partial charge in [-0.25, -0.2) is 0 Å². The Morgan fingerprint density at radius 2 is 1.38 bits per heavy atom. The first-order chi connectivity index (χ1) is 10.1. The van der Waals surface area contributed by atoms with E-state index < -0.39 is 18.2 Å². The van der Waals surface area contributed by atoms with E-state index in [-0.39, 0.29) is 5.56 Å². The summed E-state index contributed by atoms with van der Waals surface area (Å²) >= 11 is 0. The van der Waals surface area contributed by atoms with Gasteiger partial charge in [0.15, 0.2) is 0 Å². The molecule has 0 aliphatic carbocycles. The molecule has 108 valence electrons. The fourth-order valence-electron chi connectivity index (χ4n) is 1.69. The van der Waals surface area contributed by atoms with Crippen molar-refractivity contribution < 1.29 is 18.4 Å². The lowest BCUT2D eigenvalue weighted by Crippen LogP contribution is -2.44. The van der Waals surface area contributed by atoms with Crippen LogP contribution >= 0.6 is 0 Å². The van der Waals surface area contributed by atoms with Crippen molar-refractivity contribution in [2.75, 3.05) is 0 Å². The SMILES string of the molecule is O=C(NNC(=O)C(F)F)c1ccc(-c2ccccc2)cc1. The molecule has 0 unspecified atom stereocenters. The monoisotopic (exact) mass is 290 g/mol. The average Bonchev–Trinajstić information content (AvgIpc) is 2.53. The minimum atomic E-state index is -3.18. The van der Waals surface area contributed by atoms with Gasteiger partial charge < -0.3 is 0 Å². The van der Waals surface area contributed by atoms with Gasteiger partial charge in [-0.3, -0.25) is 20.4 Å². The van der Waals surface area contributed by atoms with Crippen molar-refractivity contribution in [2.24, 2.45) is 0 Å². The highest BCUT2D eigenvalue weighted by Gasteiger charge is 2.15. The number of carbonyl (C=O) groups is 2. The minimum absolute atomic E-state index is 0.254. The number of rotatable bonds is 3. The zero-order valence-corrected chi connectivity index (χ0v) is 10.8. The Hall–Kier alpha value is -2.76. The molecule has 0 heterocycles. The number of benzene rings is 2. The lowest BCUT2D eigenvalue weighted by Gasteiger charge is -2.07. The molecule has 0 radical (unpaired) electrons. The van der Waals surface area contributed by atoms with Crippen LogP contribution in [0.25, 0.3) is 11.1 Å². The second-order valence-corrected chi connectivity index (χ2v) is 4.19. The fourth-order valence-corrected chi connectivity index (χ4v) is 1.69. The molecule has 0 aliphatic heterocycles. The predicted octanol–water partition coefficient (Wildman–Crippen LogP) is 2.38. The molecule has 0 aromatic heterocycles. The number of nitrogens with one attached hydrogen (secondary N) is 2. The topological polar surface area (TPSA) is 58.2 Å². The molecule has 6 heteroatoms. The molecule has 2 aromatic rings. The maximum Gasteiger partial charge on any atom is 0.317 e. The van der Waals surface area contributed by atoms with Crippen LogP contribution in [0.3, 0.4) is 0 Å². The number of alkyl halides is 2. The molecule has 0 atom stereocenters. The van der Waals surface area contributed by atoms with Crippen LogP contribution in [0.1, 0.15) is 10.4 Å². The van der Waals surface area contributed by atoms with Gasteiger partial charge in [0.1, 0.15) is 0 Å². The van der Waals surface area contributed by atoms with E-state index in [1.54, 1.807) is 29.7 Å². The van der Waals surface area contributed by atoms with E-state index in [4.69, 9.17) is 0 Å². The molecule has 0 saturated carbocycles. The number of hydrogen-bond acceptors (Lipinski definition) is 2. The number of hydrogen-bond donors (Lipinski definition) is 2. The highest BCUT2D eigenvalue weighted by molar-refractivity contribution is 5.96. The van der Waals surface area contributed by atoms with E-state index in [0.717, 1.165) is 11.1 Å². The Kier molecular flexibility index (Phi) is 4.61. The van der Waals surface area contributed by atoms with Gasteiger partial charge in [0, 0.05) is 5.56 Å². The predicted molar refractivity (Wildman–Crippen MR) is 73.5 cm³/mol. The van der Waals surface area contributed by atoms with Crippen molar-refractivity contribution in [3.63, 3.8) is 0 Å². The van der Waals surface area contributed by atoms with Crippen molar-refractivity contribution >= 4 is 11.8 Å². The summed E-state index contributed by atoms with van der Waals surface area (Å²) in [5, 5.41) is 0. The molecule has 0 spiro atoms. The maximum absolute atomic E-state index is 12.0. The molecule has 2 rings (SSSR count). The Balaban J connectivity index is 2.02. The second-order valence-electron chi connectivity index (χ2n) is 4.19. The summed E-state index contributed by atoms with van der Waals surface area (Å²) in [4.78, 5) is 22.3. The second kappa shape index (κ2) is 6.60. The van der Waals surface area contributed by atoms with Crippen LogP contribution in [0.2, 0.25) is 0 Å². The van der Waals surface area contributed by atoms with Crippen LogP contribution in [0.15, 0.2) is 54.6 Å². The maximum atomic E-state index is 12.0. The molecule has 21 heavy (non-hydrogen) atoms. The van der Waals surface area contributed by atoms with E-state index in [1.165, 1.54) is 0 Å². The third-order valence-electron chi connectivity index (χ3n) is 2.75. The first kappa shape index (κ1) is 14.6. The molecule has 2 amide bonds. The van der Waals surface area contributed by atoms with Crippen molar-refractivity contribution in [2.45, 2.75) is 6.43 Å². The molecule has 0 bridgehead atoms. The largest absolute Gasteiger partial charge is 0.317 e. The Morgan fingerprint density at radius 1 is 0.810 bits per heavy atom. The van der Waals surface area contributed by atoms with Crippen LogP contribution in [-0.4, -0.2) is 18.2 Å². The molecule has 2 N–H and O–H groups in total. The summed E-state index contributed by atoms with van der Waals surface area (Å²) in [5.41, 5.74) is 5.73. The third-order valence-corrected chi connectivity index (χ3v) is 2.75. The zero-order valence-electron chi connectivity index (χ0n) is 10.8. The number of carbonyl (C=O) groups excluding carboxylic acids is 2. The van der Waals surface area contributed by atoms with Gasteiger partial charge in [0.25, 0.3) is 5.91 Å². The standard InChI is InChI=1S/C15H12F2N2O2/c16-13(17)15(21)19-18-14(20)12-8-6-11(7-9-12)10-4-2-1-3-5-10/h1-9,13H,(H,18,20)(H,19,21). The molecule has 0 fully saturated rings. The summed E-state index contributed by atoms with van der Waals surface area (Å²) in [7, 11) is 0. The first-order valence-electron chi connectivity index (χ1n) is 6.12. The van der Waals surface area contributed by atoms with Crippen LogP contribution in [-0.2, 0) is 4.79 Å². The number of halogens is 2. The Bertz CT molecular complexity index is 628. The van der Waals surface area contributed by atoms with E-state index in [9.17, 15) is 18.4 Å². The molecular weight excluding hydrogens is 278 g/mol. The normalized spacial score (nSPS) is 10.2. The average molecular weight is 290 g/mol. The van der Waals surface area contributed by atoms with Gasteiger partial charge in [-0.1, -0.05) is 42.5 Å². The van der Waals surface area contributed by atoms with Crippen LogP contribution in [0, 0.1) is 0 Å². The van der Waals surface area contributed by atoms with Crippen molar-refractivity contribution in [3.8, 4) is 11.1 Å². The summed E-state index contributed by atoms with van der Waals surface area (Å²) in [6.45, 7) is 0. The zero-order chi connectivity index (χ0) is 15.2. The van der Waals surface area contributed by atoms with E-state index in [1.807, 2.05) is 35.8 Å². The molecule has 2 aromatic carbocycles. The highest BCUT2D eigenvalue weighted by atomic mass is 19.3. The Morgan fingerprint density at radius 3 is 1.95 bits per heavy atom. The summed E-state index contributed by atoms with van der Waals surface area (Å²) < 4.78 is 23.9. The molecule has 0 aliphatic rings. The molecule has 4 nitrogen and oxygen atoms in total. The van der Waals surface area contributed by atoms with Gasteiger partial charge in [0.05, 0.1) is 0 Å². The Labute approximate surface area is 119 Å². The van der Waals surface area contributed by atoms with Gasteiger partial charge in [-0.15, -0.1) is 0 Å². The smallest absolute Gasteiger partial charge is 0.267 e. The van der Waals surface area contributed by atoms with Gasteiger partial charge in [0.2, 0.25) is 0 Å². The van der Waals surface area contributed by atoms with E-state index in [2.05, 4.69) is 0 Å². The van der Waals surface area contributed by atoms with Crippen molar-refractivity contribution in [1.29, 1.82) is 0 Å². The van der Waals surface area contributed by atoms with Crippen molar-refractivity contribution in [1.82, 2.24) is 10.9 Å². The van der Waals surface area contributed by atoms with Gasteiger partial charge in [-0.2, -0.15) is 8.78 Å². The summed E-state index contributed by atoms with van der Waals surface area (Å²) in [5.74, 6) is -2.21. The van der Waals surface area contributed by atoms with Crippen LogP contribution in [0.5, 0.6) is 0 Å². The van der Waals surface area contributed by atoms with Crippen molar-refractivity contribution in [3.05, 3.63) is 60.2 Å². The fraction of sp³-hybridized carbons (Fsp3) is 0.0667. The summed E-state index contributed by atoms with van der Waals surface area (Å²) in [6.07, 6.45) is -3.18. The van der Waals surface area contributed by atoms with Crippen LogP contribution in [0.4, 0.5) is 8.78 Å². The lowest BCUT2D eigenvalue weighted by molar-refractivity contribution is -0.132. The summed E-state index contributed by atoms with van der Waals surface area (Å²) in [6, 6.07) is 16.1. The third kappa shape index (κ3) is 3.85. The van der Waals surface area contributed by atoms with Gasteiger partial charge in [-0.05, 0) is 23.3 Å². The highest BCUT2D eigenvalue weighted by Crippen LogP contribution is 2.19. The molecule has 0 saturated heterocycles. The quantitative estimate of drug-likeness (QED) is 0.853. The lowest BCUT2D eigenvalue weighted by atomic mass is 10.0. The van der Waals surface area contributed by atoms with E-state index >= 15 is 0 Å². The van der Waals surface area contributed by atoms with Crippen LogP contribution < -0.4 is 10.9 Å². The first-order valence-corrected chi connectivity index (χ1v) is 6.12.